The van der Waals surface area contributed by atoms with Crippen molar-refractivity contribution in [3.05, 3.63) is 72.3 Å². The van der Waals surface area contributed by atoms with Crippen molar-refractivity contribution >= 4 is 23.0 Å². The minimum Gasteiger partial charge on any atom is -0.507 e. The lowest BCUT2D eigenvalue weighted by Crippen LogP contribution is -2.31. The van der Waals surface area contributed by atoms with E-state index in [9.17, 15) is 28.3 Å². The lowest BCUT2D eigenvalue weighted by molar-refractivity contribution is 0.503. The number of benzene rings is 1. The number of hydrogen-bond acceptors (Lipinski definition) is 5. The van der Waals surface area contributed by atoms with Crippen molar-refractivity contribution in [2.45, 2.75) is 0 Å². The molecule has 25 heavy (non-hydrogen) atoms. The third-order valence-electron chi connectivity index (χ3n) is 3.48. The molecule has 0 aliphatic rings. The van der Waals surface area contributed by atoms with Gasteiger partial charge in [0.25, 0.3) is 11.1 Å². The molecule has 0 radical (unpaired) electrons. The van der Waals surface area contributed by atoms with Crippen LogP contribution in [-0.2, 0) is 7.05 Å². The van der Waals surface area contributed by atoms with E-state index in [0.717, 1.165) is 22.8 Å². The Hall–Kier alpha value is -3.56. The second-order valence-electron chi connectivity index (χ2n) is 5.12. The number of fused-ring (bicyclic) bond motifs is 1. The maximum Gasteiger partial charge on any atom is 0.329 e. The third kappa shape index (κ3) is 2.84. The lowest BCUT2D eigenvalue weighted by Gasteiger charge is -2.05. The van der Waals surface area contributed by atoms with E-state index in [4.69, 9.17) is 0 Å². The highest BCUT2D eigenvalue weighted by molar-refractivity contribution is 5.77. The molecule has 1 aromatic carbocycles. The summed E-state index contributed by atoms with van der Waals surface area (Å²) < 4.78 is 27.6. The van der Waals surface area contributed by atoms with Crippen LogP contribution in [0.3, 0.4) is 0 Å². The molecule has 3 N–H and O–H groups in total. The van der Waals surface area contributed by atoms with Gasteiger partial charge < -0.3 is 10.1 Å². The van der Waals surface area contributed by atoms with Crippen LogP contribution in [0.15, 0.2) is 32.6 Å². The maximum absolute atomic E-state index is 13.7. The first-order valence-corrected chi connectivity index (χ1v) is 6.87. The Morgan fingerprint density at radius 1 is 1.20 bits per heavy atom. The van der Waals surface area contributed by atoms with Gasteiger partial charge in [-0.3, -0.25) is 19.1 Å². The van der Waals surface area contributed by atoms with E-state index in [-0.39, 0.29) is 16.7 Å². The van der Waals surface area contributed by atoms with Crippen molar-refractivity contribution in [1.29, 1.82) is 0 Å². The van der Waals surface area contributed by atoms with Crippen LogP contribution < -0.4 is 16.8 Å². The summed E-state index contributed by atoms with van der Waals surface area (Å²) in [4.78, 5) is 43.5. The first-order chi connectivity index (χ1) is 11.8. The summed E-state index contributed by atoms with van der Waals surface area (Å²) in [6.45, 7) is 0. The van der Waals surface area contributed by atoms with Crippen molar-refractivity contribution in [2.75, 3.05) is 0 Å². The molecule has 0 unspecified atom stereocenters. The van der Waals surface area contributed by atoms with Crippen LogP contribution in [0.25, 0.3) is 23.0 Å². The number of halogens is 2. The molecule has 128 valence electrons. The van der Waals surface area contributed by atoms with Gasteiger partial charge >= 0.3 is 5.69 Å². The monoisotopic (exact) mass is 348 g/mol. The minimum absolute atomic E-state index is 0.108. The zero-order chi connectivity index (χ0) is 18.3. The van der Waals surface area contributed by atoms with E-state index < -0.39 is 39.9 Å². The Bertz CT molecular complexity index is 1210. The highest BCUT2D eigenvalue weighted by atomic mass is 19.1. The molecule has 3 rings (SSSR count). The average molecular weight is 348 g/mol. The second kappa shape index (κ2) is 5.82. The number of nitrogens with one attached hydrogen (secondary N) is 2. The topological polar surface area (TPSA) is 121 Å². The van der Waals surface area contributed by atoms with Gasteiger partial charge in [0.1, 0.15) is 28.7 Å². The van der Waals surface area contributed by atoms with Crippen LogP contribution >= 0.6 is 0 Å². The van der Waals surface area contributed by atoms with Gasteiger partial charge in [-0.25, -0.2) is 18.6 Å². The van der Waals surface area contributed by atoms with E-state index in [1.807, 2.05) is 4.98 Å². The molecule has 2 heterocycles. The fourth-order valence-electron chi connectivity index (χ4n) is 2.20. The molecule has 0 saturated carbocycles. The van der Waals surface area contributed by atoms with E-state index in [1.165, 1.54) is 7.05 Å². The fraction of sp³-hybridized carbons (Fsp3) is 0.0667. The number of rotatable bonds is 2. The zero-order valence-electron chi connectivity index (χ0n) is 12.6. The number of aliphatic hydroxyl groups is 1. The third-order valence-corrected chi connectivity index (χ3v) is 3.48. The summed E-state index contributed by atoms with van der Waals surface area (Å²) in [5.41, 5.74) is -3.49. The number of H-pyrrole nitrogens is 2. The van der Waals surface area contributed by atoms with Gasteiger partial charge in [0.05, 0.1) is 5.56 Å². The van der Waals surface area contributed by atoms with Crippen LogP contribution in [0, 0.1) is 11.6 Å². The van der Waals surface area contributed by atoms with Crippen LogP contribution in [-0.4, -0.2) is 24.6 Å². The number of aromatic amines is 2. The quantitative estimate of drug-likeness (QED) is 0.587. The highest BCUT2D eigenvalue weighted by Crippen LogP contribution is 2.18. The van der Waals surface area contributed by atoms with Crippen molar-refractivity contribution in [3.63, 3.8) is 0 Å². The summed E-state index contributed by atoms with van der Waals surface area (Å²) in [7, 11) is 1.32. The van der Waals surface area contributed by atoms with Crippen LogP contribution in [0.2, 0.25) is 0 Å². The number of aliphatic hydroxyl groups excluding tert-OH is 1. The number of nitrogens with zero attached hydrogens (tertiary/aromatic N) is 2. The smallest absolute Gasteiger partial charge is 0.329 e. The first-order valence-electron chi connectivity index (χ1n) is 6.87. The Balaban J connectivity index is 2.22. The van der Waals surface area contributed by atoms with Gasteiger partial charge in [0, 0.05) is 19.2 Å². The van der Waals surface area contributed by atoms with Crippen molar-refractivity contribution < 1.29 is 13.9 Å². The molecular formula is C15H10F2N4O4. The molecule has 2 aromatic heterocycles. The van der Waals surface area contributed by atoms with E-state index >= 15 is 0 Å². The standard InChI is InChI=1S/C15H10F2N4O4/c1-21-12-11(14(24)20-15(21)25)18-9(13(23)19-12)5-10(22)7-3-2-6(16)4-8(7)17/h2-5,22H,1H3,(H,19,23)(H,20,24,25)/b10-5-. The predicted molar refractivity (Wildman–Crippen MR) is 85.1 cm³/mol. The molecule has 0 aliphatic carbocycles. The Morgan fingerprint density at radius 3 is 2.60 bits per heavy atom. The molecule has 10 heteroatoms. The fourth-order valence-corrected chi connectivity index (χ4v) is 2.20. The van der Waals surface area contributed by atoms with Crippen molar-refractivity contribution in [2.24, 2.45) is 7.05 Å². The van der Waals surface area contributed by atoms with Gasteiger partial charge in [0.15, 0.2) is 5.52 Å². The lowest BCUT2D eigenvalue weighted by atomic mass is 10.1. The van der Waals surface area contributed by atoms with Gasteiger partial charge in [-0.15, -0.1) is 0 Å². The Morgan fingerprint density at radius 2 is 1.92 bits per heavy atom. The number of aryl methyl sites for hydroxylation is 1. The Kier molecular flexibility index (Phi) is 3.79. The molecular weight excluding hydrogens is 338 g/mol. The zero-order valence-corrected chi connectivity index (χ0v) is 12.6. The number of aromatic nitrogens is 4. The van der Waals surface area contributed by atoms with Gasteiger partial charge in [0.2, 0.25) is 0 Å². The summed E-state index contributed by atoms with van der Waals surface area (Å²) in [5, 5.41) is 9.97. The number of hydrogen-bond donors (Lipinski definition) is 3. The molecule has 0 saturated heterocycles. The molecule has 0 aliphatic heterocycles. The molecule has 3 aromatic rings. The molecule has 0 amide bonds. The van der Waals surface area contributed by atoms with E-state index in [0.29, 0.717) is 6.07 Å². The van der Waals surface area contributed by atoms with Crippen molar-refractivity contribution in [3.8, 4) is 0 Å². The summed E-state index contributed by atoms with van der Waals surface area (Å²) in [5.74, 6) is -2.55. The van der Waals surface area contributed by atoms with Crippen molar-refractivity contribution in [1.82, 2.24) is 19.5 Å². The molecule has 0 spiro atoms. The molecule has 8 nitrogen and oxygen atoms in total. The van der Waals surface area contributed by atoms with Gasteiger partial charge in [-0.1, -0.05) is 0 Å². The summed E-state index contributed by atoms with van der Waals surface area (Å²) in [6.07, 6.45) is 0.832. The molecule has 0 fully saturated rings. The predicted octanol–water partition coefficient (Wildman–Crippen LogP) is 0.644. The maximum atomic E-state index is 13.7. The molecule has 0 bridgehead atoms. The molecule has 0 atom stereocenters. The first kappa shape index (κ1) is 16.3. The SMILES string of the molecule is Cn1c(=O)[nH]c(=O)c2nc(/C=C(\O)c3ccc(F)cc3F)c(=O)[nH]c21. The van der Waals surface area contributed by atoms with Crippen LogP contribution in [0.4, 0.5) is 8.78 Å². The van der Waals surface area contributed by atoms with Gasteiger partial charge in [-0.05, 0) is 12.1 Å². The highest BCUT2D eigenvalue weighted by Gasteiger charge is 2.13. The summed E-state index contributed by atoms with van der Waals surface area (Å²) >= 11 is 0. The second-order valence-corrected chi connectivity index (χ2v) is 5.12. The Labute approximate surface area is 136 Å². The van der Waals surface area contributed by atoms with Crippen LogP contribution in [0.5, 0.6) is 0 Å². The average Bonchev–Trinajstić information content (AvgIpc) is 2.54. The largest absolute Gasteiger partial charge is 0.507 e. The van der Waals surface area contributed by atoms with Gasteiger partial charge in [-0.2, -0.15) is 0 Å². The minimum atomic E-state index is -1.04. The summed E-state index contributed by atoms with van der Waals surface area (Å²) in [6, 6.07) is 2.49. The van der Waals surface area contributed by atoms with E-state index in [1.54, 1.807) is 0 Å². The van der Waals surface area contributed by atoms with E-state index in [2.05, 4.69) is 9.97 Å². The van der Waals surface area contributed by atoms with Crippen LogP contribution in [0.1, 0.15) is 11.3 Å². The normalized spacial score (nSPS) is 11.9.